The van der Waals surface area contributed by atoms with Crippen molar-refractivity contribution in [1.82, 2.24) is 0 Å². The number of aryl methyl sites for hydroxylation is 1. The number of benzene rings is 2. The number of hydrogen-bond acceptors (Lipinski definition) is 2. The molecule has 1 N–H and O–H groups in total. The molecule has 0 spiro atoms. The molecule has 1 atom stereocenters. The highest BCUT2D eigenvalue weighted by molar-refractivity contribution is 6.01. The number of carbonyl (C=O) groups excluding carboxylic acids is 1. The van der Waals surface area contributed by atoms with Crippen molar-refractivity contribution in [2.45, 2.75) is 32.3 Å². The molecule has 0 aliphatic heterocycles. The van der Waals surface area contributed by atoms with E-state index >= 15 is 0 Å². The van der Waals surface area contributed by atoms with Gasteiger partial charge in [-0.15, -0.1) is 0 Å². The van der Waals surface area contributed by atoms with E-state index in [9.17, 15) is 9.90 Å². The lowest BCUT2D eigenvalue weighted by Gasteiger charge is -2.13. The number of ketones is 1. The van der Waals surface area contributed by atoms with Gasteiger partial charge in [0.05, 0.1) is 0 Å². The number of carbonyl (C=O) groups is 1. The smallest absolute Gasteiger partial charge is 0.196 e. The van der Waals surface area contributed by atoms with Gasteiger partial charge in [0, 0.05) is 5.56 Å². The normalized spacial score (nSPS) is 12.1. The maximum atomic E-state index is 12.5. The highest BCUT2D eigenvalue weighted by Gasteiger charge is 2.20. The molecule has 2 aromatic carbocycles. The lowest BCUT2D eigenvalue weighted by molar-refractivity contribution is 0.0746. The molecule has 0 radical (unpaired) electrons. The Hall–Kier alpha value is -1.93. The Morgan fingerprint density at radius 2 is 1.70 bits per heavy atom. The Balaban J connectivity index is 2.25. The molecule has 2 heteroatoms. The number of Topliss-reactive ketones (excluding diaryl/α,β-unsaturated/α-hetero) is 1. The summed E-state index contributed by atoms with van der Waals surface area (Å²) in [5.41, 5.74) is 2.30. The summed E-state index contributed by atoms with van der Waals surface area (Å²) in [4.78, 5) is 12.5. The van der Waals surface area contributed by atoms with Gasteiger partial charge in [0.25, 0.3) is 0 Å². The molecule has 0 saturated carbocycles. The molecule has 2 aromatic rings. The van der Waals surface area contributed by atoms with Crippen molar-refractivity contribution in [3.05, 3.63) is 71.3 Å². The van der Waals surface area contributed by atoms with E-state index in [0.29, 0.717) is 11.1 Å². The van der Waals surface area contributed by atoms with Crippen LogP contribution in [0.2, 0.25) is 0 Å². The zero-order chi connectivity index (χ0) is 14.4. The Bertz CT molecular complexity index is 561. The van der Waals surface area contributed by atoms with Gasteiger partial charge in [0.2, 0.25) is 0 Å². The third-order valence-corrected chi connectivity index (χ3v) is 3.45. The van der Waals surface area contributed by atoms with E-state index in [-0.39, 0.29) is 5.78 Å². The fraction of sp³-hybridized carbons (Fsp3) is 0.278. The monoisotopic (exact) mass is 268 g/mol. The first kappa shape index (κ1) is 14.5. The van der Waals surface area contributed by atoms with Crippen LogP contribution < -0.4 is 0 Å². The van der Waals surface area contributed by atoms with Crippen LogP contribution in [0.1, 0.15) is 47.4 Å². The second-order valence-corrected chi connectivity index (χ2v) is 4.94. The van der Waals surface area contributed by atoms with Crippen LogP contribution in [-0.4, -0.2) is 10.9 Å². The molecule has 0 aliphatic rings. The van der Waals surface area contributed by atoms with Gasteiger partial charge in [-0.3, -0.25) is 4.79 Å². The molecule has 0 fully saturated rings. The molecule has 1 unspecified atom stereocenters. The van der Waals surface area contributed by atoms with Crippen molar-refractivity contribution >= 4 is 5.78 Å². The van der Waals surface area contributed by atoms with Gasteiger partial charge in [0.15, 0.2) is 5.78 Å². The predicted molar refractivity (Wildman–Crippen MR) is 80.8 cm³/mol. The van der Waals surface area contributed by atoms with Gasteiger partial charge in [-0.2, -0.15) is 0 Å². The van der Waals surface area contributed by atoms with E-state index in [1.54, 1.807) is 18.2 Å². The summed E-state index contributed by atoms with van der Waals surface area (Å²) in [6.07, 6.45) is 1.93. The summed E-state index contributed by atoms with van der Waals surface area (Å²) in [6.45, 7) is 2.13. The Morgan fingerprint density at radius 1 is 1.05 bits per heavy atom. The fourth-order valence-electron chi connectivity index (χ4n) is 2.28. The molecular formula is C18H20O2. The van der Waals surface area contributed by atoms with Crippen LogP contribution in [0.15, 0.2) is 54.6 Å². The topological polar surface area (TPSA) is 37.3 Å². The molecule has 0 aromatic heterocycles. The number of hydrogen-bond donors (Lipinski definition) is 1. The summed E-state index contributed by atoms with van der Waals surface area (Å²) >= 11 is 0. The van der Waals surface area contributed by atoms with Crippen LogP contribution in [0.5, 0.6) is 0 Å². The van der Waals surface area contributed by atoms with Crippen molar-refractivity contribution < 1.29 is 9.90 Å². The Kier molecular flexibility index (Phi) is 5.08. The van der Waals surface area contributed by atoms with Crippen LogP contribution in [0.25, 0.3) is 0 Å². The van der Waals surface area contributed by atoms with E-state index in [4.69, 9.17) is 0 Å². The molecule has 0 bridgehead atoms. The molecule has 0 heterocycles. The number of unbranched alkanes of at least 4 members (excludes halogenated alkanes) is 1. The fourth-order valence-corrected chi connectivity index (χ4v) is 2.28. The maximum Gasteiger partial charge on any atom is 0.196 e. The molecule has 2 rings (SSSR count). The first-order chi connectivity index (χ1) is 9.74. The first-order valence-electron chi connectivity index (χ1n) is 7.09. The molecular weight excluding hydrogens is 248 g/mol. The second-order valence-electron chi connectivity index (χ2n) is 4.94. The molecule has 20 heavy (non-hydrogen) atoms. The van der Waals surface area contributed by atoms with Crippen molar-refractivity contribution in [3.63, 3.8) is 0 Å². The summed E-state index contributed by atoms with van der Waals surface area (Å²) in [6, 6.07) is 16.6. The van der Waals surface area contributed by atoms with Crippen LogP contribution in [-0.2, 0) is 6.42 Å². The van der Waals surface area contributed by atoms with Gasteiger partial charge >= 0.3 is 0 Å². The lowest BCUT2D eigenvalue weighted by atomic mass is 9.94. The van der Waals surface area contributed by atoms with Gasteiger partial charge in [0.1, 0.15) is 6.10 Å². The van der Waals surface area contributed by atoms with E-state index in [0.717, 1.165) is 24.8 Å². The minimum atomic E-state index is -1.08. The van der Waals surface area contributed by atoms with Gasteiger partial charge < -0.3 is 5.11 Å². The van der Waals surface area contributed by atoms with Crippen LogP contribution >= 0.6 is 0 Å². The average Bonchev–Trinajstić information content (AvgIpc) is 2.52. The summed E-state index contributed by atoms with van der Waals surface area (Å²) in [5.74, 6) is -0.220. The van der Waals surface area contributed by atoms with Gasteiger partial charge in [-0.25, -0.2) is 0 Å². The minimum absolute atomic E-state index is 0.220. The van der Waals surface area contributed by atoms with Crippen molar-refractivity contribution in [3.8, 4) is 0 Å². The van der Waals surface area contributed by atoms with Gasteiger partial charge in [-0.1, -0.05) is 67.9 Å². The number of aliphatic hydroxyl groups excluding tert-OH is 1. The van der Waals surface area contributed by atoms with E-state index in [2.05, 4.69) is 6.92 Å². The Morgan fingerprint density at radius 3 is 2.40 bits per heavy atom. The third-order valence-electron chi connectivity index (χ3n) is 3.45. The highest BCUT2D eigenvalue weighted by atomic mass is 16.3. The zero-order valence-corrected chi connectivity index (χ0v) is 11.8. The van der Waals surface area contributed by atoms with E-state index < -0.39 is 6.10 Å². The standard InChI is InChI=1S/C18H20O2/c1-2-3-9-14-10-7-8-13-16(14)18(20)17(19)15-11-5-4-6-12-15/h4-8,10-13,17,19H,2-3,9H2,1H3. The summed E-state index contributed by atoms with van der Waals surface area (Å²) < 4.78 is 0. The highest BCUT2D eigenvalue weighted by Crippen LogP contribution is 2.21. The molecule has 104 valence electrons. The Labute approximate surface area is 120 Å². The quantitative estimate of drug-likeness (QED) is 0.805. The van der Waals surface area contributed by atoms with Crippen molar-refractivity contribution in [2.24, 2.45) is 0 Å². The first-order valence-corrected chi connectivity index (χ1v) is 7.09. The van der Waals surface area contributed by atoms with Crippen LogP contribution in [0, 0.1) is 0 Å². The molecule has 0 saturated heterocycles. The molecule has 2 nitrogen and oxygen atoms in total. The molecule has 0 aliphatic carbocycles. The lowest BCUT2D eigenvalue weighted by Crippen LogP contribution is -2.14. The van der Waals surface area contributed by atoms with Crippen LogP contribution in [0.3, 0.4) is 0 Å². The zero-order valence-electron chi connectivity index (χ0n) is 11.8. The van der Waals surface area contributed by atoms with E-state index in [1.165, 1.54) is 0 Å². The second kappa shape index (κ2) is 7.01. The predicted octanol–water partition coefficient (Wildman–Crippen LogP) is 3.95. The average molecular weight is 268 g/mol. The summed E-state index contributed by atoms with van der Waals surface area (Å²) in [7, 11) is 0. The molecule has 0 amide bonds. The van der Waals surface area contributed by atoms with Gasteiger partial charge in [-0.05, 0) is 24.0 Å². The SMILES string of the molecule is CCCCc1ccccc1C(=O)C(O)c1ccccc1. The number of aliphatic hydroxyl groups is 1. The third kappa shape index (κ3) is 3.34. The van der Waals surface area contributed by atoms with Crippen molar-refractivity contribution in [1.29, 1.82) is 0 Å². The minimum Gasteiger partial charge on any atom is -0.380 e. The maximum absolute atomic E-state index is 12.5. The van der Waals surface area contributed by atoms with Crippen molar-refractivity contribution in [2.75, 3.05) is 0 Å². The summed E-state index contributed by atoms with van der Waals surface area (Å²) in [5, 5.41) is 10.2. The van der Waals surface area contributed by atoms with Crippen LogP contribution in [0.4, 0.5) is 0 Å². The largest absolute Gasteiger partial charge is 0.380 e. The number of rotatable bonds is 6. The van der Waals surface area contributed by atoms with E-state index in [1.807, 2.05) is 36.4 Å².